The minimum atomic E-state index is -0.684. The van der Waals surface area contributed by atoms with Crippen molar-refractivity contribution in [2.24, 2.45) is 10.8 Å². The molecule has 0 atom stereocenters. The van der Waals surface area contributed by atoms with E-state index in [9.17, 15) is 4.79 Å². The van der Waals surface area contributed by atoms with Gasteiger partial charge < -0.3 is 10.2 Å². The molecule has 0 unspecified atom stereocenters. The van der Waals surface area contributed by atoms with Crippen LogP contribution in [0.5, 0.6) is 0 Å². The average Bonchev–Trinajstić information content (AvgIpc) is 2.63. The first-order valence-corrected chi connectivity index (χ1v) is 4.00. The Morgan fingerprint density at radius 2 is 2.50 bits per heavy atom. The molecule has 14 heavy (non-hydrogen) atoms. The van der Waals surface area contributed by atoms with Crippen molar-refractivity contribution in [2.45, 2.75) is 6.92 Å². The number of carbonyl (C=O) groups excluding carboxylic acids is 1. The van der Waals surface area contributed by atoms with Crippen LogP contribution >= 0.6 is 0 Å². The van der Waals surface area contributed by atoms with E-state index in [-0.39, 0.29) is 0 Å². The second kappa shape index (κ2) is 4.86. The van der Waals surface area contributed by atoms with E-state index in [4.69, 9.17) is 10.2 Å². The third-order valence-corrected chi connectivity index (χ3v) is 1.37. The van der Waals surface area contributed by atoms with Gasteiger partial charge in [-0.25, -0.2) is 10.2 Å². The molecule has 1 rings (SSSR count). The molecule has 0 bridgehead atoms. The first-order valence-electron chi connectivity index (χ1n) is 4.00. The van der Waals surface area contributed by atoms with E-state index in [1.807, 2.05) is 6.07 Å². The zero-order valence-electron chi connectivity index (χ0n) is 7.73. The number of primary amides is 1. The molecule has 5 heteroatoms. The van der Waals surface area contributed by atoms with Gasteiger partial charge in [-0.1, -0.05) is 0 Å². The van der Waals surface area contributed by atoms with Gasteiger partial charge in [-0.05, 0) is 31.2 Å². The van der Waals surface area contributed by atoms with Gasteiger partial charge in [0.05, 0.1) is 12.0 Å². The smallest absolute Gasteiger partial charge is 0.332 e. The predicted molar refractivity (Wildman–Crippen MR) is 53.6 cm³/mol. The molecule has 3 N–H and O–H groups in total. The second-order valence-electron chi connectivity index (χ2n) is 2.58. The number of amides is 2. The number of carbonyl (C=O) groups is 1. The number of nitrogens with zero attached hydrogens (tertiary/aromatic N) is 1. The van der Waals surface area contributed by atoms with Crippen molar-refractivity contribution in [1.82, 2.24) is 5.43 Å². The third-order valence-electron chi connectivity index (χ3n) is 1.37. The zero-order valence-corrected chi connectivity index (χ0v) is 7.73. The number of furan rings is 1. The molecule has 2 amide bonds. The Morgan fingerprint density at radius 1 is 1.71 bits per heavy atom. The summed E-state index contributed by atoms with van der Waals surface area (Å²) in [6, 6.07) is 2.91. The first kappa shape index (κ1) is 10.0. The number of hydrogen-bond acceptors (Lipinski definition) is 3. The maximum atomic E-state index is 10.3. The standard InChI is InChI=1S/C9H11N3O2/c1-7(11-12-9(10)13)4-5-8-3-2-6-14-8/h2-6H,1H3,(H3,10,12,13)/b5-4+,11-7-. The van der Waals surface area contributed by atoms with Crippen molar-refractivity contribution in [3.8, 4) is 0 Å². The molecule has 5 nitrogen and oxygen atoms in total. The zero-order chi connectivity index (χ0) is 10.4. The predicted octanol–water partition coefficient (Wildman–Crippen LogP) is 1.34. The van der Waals surface area contributed by atoms with Crippen LogP contribution in [0.2, 0.25) is 0 Å². The Balaban J connectivity index is 2.51. The number of nitrogens with one attached hydrogen (secondary N) is 1. The SMILES string of the molecule is CC(/C=C/c1ccco1)=N/NC(N)=O. The van der Waals surface area contributed by atoms with Crippen LogP contribution in [-0.4, -0.2) is 11.7 Å². The summed E-state index contributed by atoms with van der Waals surface area (Å²) in [5.74, 6) is 0.721. The van der Waals surface area contributed by atoms with Crippen LogP contribution in [0.25, 0.3) is 6.08 Å². The molecule has 1 aromatic heterocycles. The van der Waals surface area contributed by atoms with Crippen molar-refractivity contribution >= 4 is 17.8 Å². The summed E-state index contributed by atoms with van der Waals surface area (Å²) >= 11 is 0. The lowest BCUT2D eigenvalue weighted by Gasteiger charge is -1.92. The Kier molecular flexibility index (Phi) is 3.49. The summed E-state index contributed by atoms with van der Waals surface area (Å²) in [7, 11) is 0. The van der Waals surface area contributed by atoms with E-state index in [0.717, 1.165) is 5.76 Å². The molecule has 0 spiro atoms. The van der Waals surface area contributed by atoms with Crippen LogP contribution in [0.3, 0.4) is 0 Å². The summed E-state index contributed by atoms with van der Waals surface area (Å²) in [6.07, 6.45) is 5.02. The summed E-state index contributed by atoms with van der Waals surface area (Å²) in [4.78, 5) is 10.3. The van der Waals surface area contributed by atoms with E-state index < -0.39 is 6.03 Å². The van der Waals surface area contributed by atoms with Gasteiger partial charge in [-0.2, -0.15) is 5.10 Å². The van der Waals surface area contributed by atoms with Crippen LogP contribution in [0, 0.1) is 0 Å². The van der Waals surface area contributed by atoms with Crippen LogP contribution in [0.1, 0.15) is 12.7 Å². The van der Waals surface area contributed by atoms with Crippen molar-refractivity contribution in [1.29, 1.82) is 0 Å². The molecular formula is C9H11N3O2. The number of urea groups is 1. The minimum absolute atomic E-state index is 0.625. The van der Waals surface area contributed by atoms with E-state index in [2.05, 4.69) is 10.5 Å². The van der Waals surface area contributed by atoms with Crippen LogP contribution in [0.4, 0.5) is 4.79 Å². The summed E-state index contributed by atoms with van der Waals surface area (Å²) < 4.78 is 5.06. The fraction of sp³-hybridized carbons (Fsp3) is 0.111. The van der Waals surface area contributed by atoms with Gasteiger partial charge in [0.25, 0.3) is 0 Å². The van der Waals surface area contributed by atoms with E-state index in [1.165, 1.54) is 0 Å². The molecule has 0 aliphatic rings. The van der Waals surface area contributed by atoms with Gasteiger partial charge in [-0.3, -0.25) is 0 Å². The number of allylic oxidation sites excluding steroid dienone is 1. The van der Waals surface area contributed by atoms with Crippen LogP contribution in [-0.2, 0) is 0 Å². The van der Waals surface area contributed by atoms with Gasteiger partial charge in [-0.15, -0.1) is 0 Å². The van der Waals surface area contributed by atoms with Gasteiger partial charge in [0, 0.05) is 0 Å². The normalized spacial score (nSPS) is 11.9. The average molecular weight is 193 g/mol. The largest absolute Gasteiger partial charge is 0.465 e. The van der Waals surface area contributed by atoms with Crippen molar-refractivity contribution in [3.63, 3.8) is 0 Å². The Morgan fingerprint density at radius 3 is 3.07 bits per heavy atom. The molecule has 0 fully saturated rings. The molecule has 0 radical (unpaired) electrons. The van der Waals surface area contributed by atoms with Gasteiger partial charge in [0.15, 0.2) is 0 Å². The van der Waals surface area contributed by atoms with Crippen LogP contribution in [0.15, 0.2) is 34.0 Å². The molecule has 1 aromatic rings. The fourth-order valence-electron chi connectivity index (χ4n) is 0.769. The van der Waals surface area contributed by atoms with E-state index in [1.54, 1.807) is 31.4 Å². The molecule has 0 aromatic carbocycles. The monoisotopic (exact) mass is 193 g/mol. The Hall–Kier alpha value is -2.04. The molecule has 1 heterocycles. The van der Waals surface area contributed by atoms with Crippen molar-refractivity contribution in [2.75, 3.05) is 0 Å². The second-order valence-corrected chi connectivity index (χ2v) is 2.58. The van der Waals surface area contributed by atoms with Crippen molar-refractivity contribution < 1.29 is 9.21 Å². The molecule has 0 saturated heterocycles. The topological polar surface area (TPSA) is 80.6 Å². The summed E-state index contributed by atoms with van der Waals surface area (Å²) in [6.45, 7) is 1.73. The summed E-state index contributed by atoms with van der Waals surface area (Å²) in [5, 5.41) is 3.69. The Bertz CT molecular complexity index is 352. The van der Waals surface area contributed by atoms with Gasteiger partial charge >= 0.3 is 6.03 Å². The first-order chi connectivity index (χ1) is 6.68. The molecule has 0 aliphatic carbocycles. The highest BCUT2D eigenvalue weighted by Gasteiger charge is 1.89. The van der Waals surface area contributed by atoms with E-state index in [0.29, 0.717) is 5.71 Å². The lowest BCUT2D eigenvalue weighted by Crippen LogP contribution is -2.25. The fourth-order valence-corrected chi connectivity index (χ4v) is 0.769. The number of hydrogen-bond donors (Lipinski definition) is 2. The minimum Gasteiger partial charge on any atom is -0.465 e. The lowest BCUT2D eigenvalue weighted by molar-refractivity contribution is 0.249. The molecule has 0 saturated carbocycles. The van der Waals surface area contributed by atoms with Gasteiger partial charge in [0.1, 0.15) is 5.76 Å². The third kappa shape index (κ3) is 3.57. The van der Waals surface area contributed by atoms with Crippen LogP contribution < -0.4 is 11.2 Å². The number of hydrazone groups is 1. The highest BCUT2D eigenvalue weighted by molar-refractivity contribution is 5.96. The molecule has 0 aliphatic heterocycles. The van der Waals surface area contributed by atoms with E-state index >= 15 is 0 Å². The lowest BCUT2D eigenvalue weighted by atomic mass is 10.3. The highest BCUT2D eigenvalue weighted by Crippen LogP contribution is 2.01. The number of rotatable bonds is 3. The Labute approximate surface area is 81.3 Å². The maximum absolute atomic E-state index is 10.3. The molecule has 74 valence electrons. The quantitative estimate of drug-likeness (QED) is 0.561. The van der Waals surface area contributed by atoms with Crippen molar-refractivity contribution in [3.05, 3.63) is 30.2 Å². The highest BCUT2D eigenvalue weighted by atomic mass is 16.3. The maximum Gasteiger partial charge on any atom is 0.332 e. The summed E-state index contributed by atoms with van der Waals surface area (Å²) in [5.41, 5.74) is 7.58. The van der Waals surface area contributed by atoms with Gasteiger partial charge in [0.2, 0.25) is 0 Å². The molecular weight excluding hydrogens is 182 g/mol. The number of nitrogens with two attached hydrogens (primary N) is 1.